The number of hydrogen-bond donors (Lipinski definition) is 2. The van der Waals surface area contributed by atoms with Crippen molar-refractivity contribution in [2.24, 2.45) is 0 Å². The van der Waals surface area contributed by atoms with Gasteiger partial charge in [-0.1, -0.05) is 6.92 Å². The van der Waals surface area contributed by atoms with Crippen LogP contribution in [0.15, 0.2) is 28.3 Å². The van der Waals surface area contributed by atoms with Crippen molar-refractivity contribution >= 4 is 17.4 Å². The Balaban J connectivity index is 2.28. The summed E-state index contributed by atoms with van der Waals surface area (Å²) in [5.74, 6) is 6.34. The monoisotopic (exact) mass is 303 g/mol. The van der Waals surface area contributed by atoms with Gasteiger partial charge in [0.15, 0.2) is 5.82 Å². The van der Waals surface area contributed by atoms with Crippen molar-refractivity contribution in [3.63, 3.8) is 0 Å². The number of anilines is 1. The highest BCUT2D eigenvalue weighted by molar-refractivity contribution is 7.99. The first-order chi connectivity index (χ1) is 9.32. The molecule has 5 nitrogen and oxygen atoms in total. The van der Waals surface area contributed by atoms with E-state index in [1.807, 2.05) is 6.92 Å². The van der Waals surface area contributed by atoms with Gasteiger partial charge in [0.25, 0.3) is 0 Å². The molecule has 0 atom stereocenters. The fraction of sp³-hybridized carbons (Fsp3) is 0.273. The number of rotatable bonds is 3. The average molecular weight is 303 g/mol. The lowest BCUT2D eigenvalue weighted by Crippen LogP contribution is -2.13. The molecule has 0 fully saturated rings. The third-order valence-corrected chi connectivity index (χ3v) is 3.64. The van der Waals surface area contributed by atoms with Crippen LogP contribution in [0.1, 0.15) is 18.3 Å². The smallest absolute Gasteiger partial charge is 0.398 e. The molecule has 0 bridgehead atoms. The molecule has 0 aliphatic carbocycles. The second kappa shape index (κ2) is 5.23. The van der Waals surface area contributed by atoms with Gasteiger partial charge in [-0.3, -0.25) is 0 Å². The largest absolute Gasteiger partial charge is 0.416 e. The zero-order valence-electron chi connectivity index (χ0n) is 10.5. The molecule has 0 unspecified atom stereocenters. The molecule has 1 heterocycles. The summed E-state index contributed by atoms with van der Waals surface area (Å²) in [5.41, 5.74) is 4.87. The lowest BCUT2D eigenvalue weighted by Gasteiger charge is -2.10. The first kappa shape index (κ1) is 14.5. The van der Waals surface area contributed by atoms with E-state index in [2.05, 4.69) is 10.2 Å². The summed E-state index contributed by atoms with van der Waals surface area (Å²) in [4.78, 5) is 0.444. The predicted molar refractivity (Wildman–Crippen MR) is 69.5 cm³/mol. The Kier molecular flexibility index (Phi) is 3.80. The lowest BCUT2D eigenvalue weighted by molar-refractivity contribution is -0.137. The summed E-state index contributed by atoms with van der Waals surface area (Å²) in [6.45, 7) is 1.87. The highest BCUT2D eigenvalue weighted by Crippen LogP contribution is 2.36. The van der Waals surface area contributed by atoms with Crippen LogP contribution in [0.2, 0.25) is 0 Å². The molecule has 2 aromatic rings. The van der Waals surface area contributed by atoms with Crippen LogP contribution in [0.5, 0.6) is 0 Å². The quantitative estimate of drug-likeness (QED) is 0.671. The molecule has 9 heteroatoms. The van der Waals surface area contributed by atoms with Crippen LogP contribution in [-0.2, 0) is 12.6 Å². The SMILES string of the molecule is CCc1nnc(Sc2ccc(C(F)(F)F)cc2N)n1N. The van der Waals surface area contributed by atoms with Crippen LogP contribution in [0.4, 0.5) is 18.9 Å². The van der Waals surface area contributed by atoms with Gasteiger partial charge in [0.1, 0.15) is 0 Å². The Hall–Kier alpha value is -1.90. The van der Waals surface area contributed by atoms with Crippen molar-refractivity contribution < 1.29 is 13.2 Å². The van der Waals surface area contributed by atoms with E-state index in [1.165, 1.54) is 10.7 Å². The van der Waals surface area contributed by atoms with E-state index >= 15 is 0 Å². The molecule has 0 aliphatic rings. The second-order valence-electron chi connectivity index (χ2n) is 3.97. The molecule has 20 heavy (non-hydrogen) atoms. The van der Waals surface area contributed by atoms with Crippen LogP contribution in [0.3, 0.4) is 0 Å². The van der Waals surface area contributed by atoms with E-state index in [0.717, 1.165) is 23.9 Å². The summed E-state index contributed by atoms with van der Waals surface area (Å²) in [7, 11) is 0. The molecular weight excluding hydrogens is 291 g/mol. The summed E-state index contributed by atoms with van der Waals surface area (Å²) < 4.78 is 38.9. The lowest BCUT2D eigenvalue weighted by atomic mass is 10.2. The van der Waals surface area contributed by atoms with Gasteiger partial charge in [-0.15, -0.1) is 10.2 Å². The molecule has 0 amide bonds. The van der Waals surface area contributed by atoms with E-state index < -0.39 is 11.7 Å². The van der Waals surface area contributed by atoms with Crippen molar-refractivity contribution in [1.29, 1.82) is 0 Å². The number of hydrogen-bond acceptors (Lipinski definition) is 5. The van der Waals surface area contributed by atoms with Crippen LogP contribution in [-0.4, -0.2) is 14.9 Å². The minimum Gasteiger partial charge on any atom is -0.398 e. The van der Waals surface area contributed by atoms with Crippen molar-refractivity contribution in [2.75, 3.05) is 11.6 Å². The molecule has 2 rings (SSSR count). The van der Waals surface area contributed by atoms with Crippen molar-refractivity contribution in [2.45, 2.75) is 29.6 Å². The van der Waals surface area contributed by atoms with Gasteiger partial charge in [-0.25, -0.2) is 4.68 Å². The first-order valence-corrected chi connectivity index (χ1v) is 6.48. The van der Waals surface area contributed by atoms with Gasteiger partial charge < -0.3 is 11.6 Å². The van der Waals surface area contributed by atoms with Gasteiger partial charge in [0.05, 0.1) is 5.56 Å². The molecule has 0 aliphatic heterocycles. The highest BCUT2D eigenvalue weighted by Gasteiger charge is 2.30. The fourth-order valence-electron chi connectivity index (χ4n) is 1.53. The predicted octanol–water partition coefficient (Wildman–Crippen LogP) is 2.31. The minimum absolute atomic E-state index is 0.0193. The van der Waals surface area contributed by atoms with Crippen molar-refractivity contribution in [3.05, 3.63) is 29.6 Å². The van der Waals surface area contributed by atoms with Gasteiger partial charge in [-0.2, -0.15) is 13.2 Å². The average Bonchev–Trinajstić information content (AvgIpc) is 2.71. The summed E-state index contributed by atoms with van der Waals surface area (Å²) in [5, 5.41) is 8.10. The maximum atomic E-state index is 12.5. The van der Waals surface area contributed by atoms with Gasteiger partial charge >= 0.3 is 6.18 Å². The zero-order chi connectivity index (χ0) is 14.9. The molecule has 4 N–H and O–H groups in total. The van der Waals surface area contributed by atoms with Crippen LogP contribution >= 0.6 is 11.8 Å². The number of halogens is 3. The Labute approximate surface area is 117 Å². The molecule has 1 aromatic heterocycles. The molecule has 0 saturated heterocycles. The Morgan fingerprint density at radius 3 is 2.50 bits per heavy atom. The molecular formula is C11H12F3N5S. The topological polar surface area (TPSA) is 82.8 Å². The minimum atomic E-state index is -4.42. The van der Waals surface area contributed by atoms with E-state index in [4.69, 9.17) is 11.6 Å². The van der Waals surface area contributed by atoms with Crippen molar-refractivity contribution in [3.8, 4) is 0 Å². The van der Waals surface area contributed by atoms with Gasteiger partial charge in [0.2, 0.25) is 5.16 Å². The first-order valence-electron chi connectivity index (χ1n) is 5.67. The van der Waals surface area contributed by atoms with Crippen molar-refractivity contribution in [1.82, 2.24) is 14.9 Å². The Bertz CT molecular complexity index is 623. The van der Waals surface area contributed by atoms with E-state index in [0.29, 0.717) is 22.3 Å². The van der Waals surface area contributed by atoms with Gasteiger partial charge in [-0.05, 0) is 30.0 Å². The standard InChI is InChI=1S/C11H12F3N5S/c1-2-9-17-18-10(19(9)16)20-8-4-3-6(5-7(8)15)11(12,13)14/h3-5H,2,15-16H2,1H3. The summed E-state index contributed by atoms with van der Waals surface area (Å²) >= 11 is 1.07. The van der Waals surface area contributed by atoms with Gasteiger partial charge in [0, 0.05) is 17.0 Å². The van der Waals surface area contributed by atoms with Crippen LogP contribution in [0.25, 0.3) is 0 Å². The number of aromatic nitrogens is 3. The fourth-order valence-corrected chi connectivity index (χ4v) is 2.33. The number of benzene rings is 1. The number of nitrogens with two attached hydrogens (primary N) is 2. The second-order valence-corrected chi connectivity index (χ2v) is 4.98. The van der Waals surface area contributed by atoms with E-state index in [1.54, 1.807) is 0 Å². The summed E-state index contributed by atoms with van der Waals surface area (Å²) in [6, 6.07) is 3.15. The molecule has 0 saturated carbocycles. The number of alkyl halides is 3. The maximum absolute atomic E-state index is 12.5. The zero-order valence-corrected chi connectivity index (χ0v) is 11.3. The normalized spacial score (nSPS) is 11.8. The molecule has 108 valence electrons. The number of nitrogen functional groups attached to an aromatic ring is 2. The van der Waals surface area contributed by atoms with Crippen LogP contribution in [0, 0.1) is 0 Å². The Morgan fingerprint density at radius 1 is 1.30 bits per heavy atom. The third-order valence-electron chi connectivity index (χ3n) is 2.59. The Morgan fingerprint density at radius 2 is 2.00 bits per heavy atom. The molecule has 1 aromatic carbocycles. The third kappa shape index (κ3) is 2.82. The van der Waals surface area contributed by atoms with Crippen LogP contribution < -0.4 is 11.6 Å². The maximum Gasteiger partial charge on any atom is 0.416 e. The van der Waals surface area contributed by atoms with E-state index in [-0.39, 0.29) is 5.69 Å². The highest BCUT2D eigenvalue weighted by atomic mass is 32.2. The summed E-state index contributed by atoms with van der Waals surface area (Å²) in [6.07, 6.45) is -3.81. The number of nitrogens with zero attached hydrogens (tertiary/aromatic N) is 3. The van der Waals surface area contributed by atoms with E-state index in [9.17, 15) is 13.2 Å². The molecule has 0 radical (unpaired) electrons. The molecule has 0 spiro atoms. The number of aryl methyl sites for hydroxylation is 1.